The summed E-state index contributed by atoms with van der Waals surface area (Å²) < 4.78 is 5.73. The standard InChI is InChI=1S/C24H39BrO3/c1-22(27)9-10-23(2)16(12-22)11-15(14-28-4)21-18-6-5-17(20(26)13-25)24(18,3)8-7-19(21)23/h15-19,21,27H,5-14H2,1-4H3/t15-,16+,17-,18+,19+,21+,22-,23+,24-/m1/s1. The van der Waals surface area contributed by atoms with Gasteiger partial charge in [-0.25, -0.2) is 0 Å². The Morgan fingerprint density at radius 3 is 2.46 bits per heavy atom. The first-order chi connectivity index (χ1) is 13.2. The lowest BCUT2D eigenvalue weighted by Gasteiger charge is -2.64. The molecule has 0 unspecified atom stereocenters. The predicted molar refractivity (Wildman–Crippen MR) is 115 cm³/mol. The molecule has 0 bridgehead atoms. The third-order valence-corrected chi connectivity index (χ3v) is 10.6. The highest BCUT2D eigenvalue weighted by Gasteiger charge is 2.63. The van der Waals surface area contributed by atoms with Gasteiger partial charge in [0.1, 0.15) is 5.78 Å². The van der Waals surface area contributed by atoms with E-state index in [-0.39, 0.29) is 11.3 Å². The fraction of sp³-hybridized carbons (Fsp3) is 0.958. The lowest BCUT2D eigenvalue weighted by Crippen LogP contribution is -2.59. The topological polar surface area (TPSA) is 46.5 Å². The van der Waals surface area contributed by atoms with Crippen molar-refractivity contribution in [2.24, 2.45) is 46.3 Å². The normalized spacial score (nSPS) is 53.2. The van der Waals surface area contributed by atoms with Gasteiger partial charge in [-0.3, -0.25) is 4.79 Å². The molecular weight excluding hydrogens is 416 g/mol. The van der Waals surface area contributed by atoms with Crippen molar-refractivity contribution < 1.29 is 14.6 Å². The second-order valence-corrected chi connectivity index (χ2v) is 12.0. The molecular formula is C24H39BrO3. The van der Waals surface area contributed by atoms with Gasteiger partial charge in [0, 0.05) is 19.6 Å². The second kappa shape index (κ2) is 7.34. The molecule has 28 heavy (non-hydrogen) atoms. The Balaban J connectivity index is 1.68. The average molecular weight is 455 g/mol. The van der Waals surface area contributed by atoms with Crippen LogP contribution in [0.15, 0.2) is 0 Å². The molecule has 4 aliphatic carbocycles. The minimum atomic E-state index is -0.501. The van der Waals surface area contributed by atoms with Crippen molar-refractivity contribution in [1.29, 1.82) is 0 Å². The van der Waals surface area contributed by atoms with Crippen LogP contribution in [0.2, 0.25) is 0 Å². The number of rotatable bonds is 4. The van der Waals surface area contributed by atoms with Crippen LogP contribution in [0.3, 0.4) is 0 Å². The number of methoxy groups -OCH3 is 1. The molecule has 4 saturated carbocycles. The van der Waals surface area contributed by atoms with E-state index in [2.05, 4.69) is 29.8 Å². The quantitative estimate of drug-likeness (QED) is 0.591. The smallest absolute Gasteiger partial charge is 0.147 e. The van der Waals surface area contributed by atoms with E-state index in [0.717, 1.165) is 38.2 Å². The summed E-state index contributed by atoms with van der Waals surface area (Å²) >= 11 is 3.44. The molecule has 0 aromatic heterocycles. The van der Waals surface area contributed by atoms with Crippen LogP contribution in [0, 0.1) is 46.3 Å². The summed E-state index contributed by atoms with van der Waals surface area (Å²) in [6.45, 7) is 7.83. The van der Waals surface area contributed by atoms with Crippen LogP contribution in [0.4, 0.5) is 0 Å². The largest absolute Gasteiger partial charge is 0.390 e. The lowest BCUT2D eigenvalue weighted by atomic mass is 9.42. The Hall–Kier alpha value is 0.0700. The molecule has 9 atom stereocenters. The number of carbonyl (C=O) groups excluding carboxylic acids is 1. The summed E-state index contributed by atoms with van der Waals surface area (Å²) in [6, 6.07) is 0. The third kappa shape index (κ3) is 3.15. The highest BCUT2D eigenvalue weighted by molar-refractivity contribution is 9.09. The summed E-state index contributed by atoms with van der Waals surface area (Å²) in [5, 5.41) is 11.3. The molecule has 0 spiro atoms. The van der Waals surface area contributed by atoms with Crippen molar-refractivity contribution in [2.75, 3.05) is 19.0 Å². The maximum absolute atomic E-state index is 12.7. The second-order valence-electron chi connectivity index (χ2n) is 11.4. The molecule has 3 nitrogen and oxygen atoms in total. The van der Waals surface area contributed by atoms with E-state index in [4.69, 9.17) is 4.74 Å². The molecule has 0 heterocycles. The van der Waals surface area contributed by atoms with E-state index in [9.17, 15) is 9.90 Å². The SMILES string of the molecule is COC[C@H]1C[C@H]2C[C@](C)(O)CC[C@]2(C)[C@H]2CC[C@]3(C)[C@@H](C(=O)CBr)CC[C@H]3[C@H]12. The van der Waals surface area contributed by atoms with E-state index < -0.39 is 5.60 Å². The molecule has 4 fully saturated rings. The summed E-state index contributed by atoms with van der Waals surface area (Å²) in [4.78, 5) is 12.7. The van der Waals surface area contributed by atoms with Crippen LogP contribution in [0.5, 0.6) is 0 Å². The Morgan fingerprint density at radius 1 is 1.07 bits per heavy atom. The van der Waals surface area contributed by atoms with E-state index in [0.29, 0.717) is 40.2 Å². The zero-order valence-corrected chi connectivity index (χ0v) is 19.8. The van der Waals surface area contributed by atoms with Crippen molar-refractivity contribution in [3.8, 4) is 0 Å². The highest BCUT2D eigenvalue weighted by Crippen LogP contribution is 2.69. The Kier molecular flexibility index (Phi) is 5.58. The van der Waals surface area contributed by atoms with Crippen molar-refractivity contribution in [3.05, 3.63) is 0 Å². The van der Waals surface area contributed by atoms with Gasteiger partial charge >= 0.3 is 0 Å². The van der Waals surface area contributed by atoms with Gasteiger partial charge in [-0.05, 0) is 98.7 Å². The Morgan fingerprint density at radius 2 is 1.79 bits per heavy atom. The van der Waals surface area contributed by atoms with Gasteiger partial charge in [-0.2, -0.15) is 0 Å². The van der Waals surface area contributed by atoms with Gasteiger partial charge in [-0.15, -0.1) is 0 Å². The molecule has 0 amide bonds. The van der Waals surface area contributed by atoms with Gasteiger partial charge in [0.2, 0.25) is 0 Å². The Labute approximate surface area is 179 Å². The predicted octanol–water partition coefficient (Wildman–Crippen LogP) is 5.23. The zero-order valence-electron chi connectivity index (χ0n) is 18.2. The van der Waals surface area contributed by atoms with Crippen LogP contribution in [-0.4, -0.2) is 35.5 Å². The summed E-state index contributed by atoms with van der Waals surface area (Å²) in [7, 11) is 1.84. The van der Waals surface area contributed by atoms with E-state index in [1.807, 2.05) is 14.0 Å². The van der Waals surface area contributed by atoms with Crippen LogP contribution in [0.1, 0.15) is 72.1 Å². The van der Waals surface area contributed by atoms with Gasteiger partial charge in [0.15, 0.2) is 0 Å². The molecule has 4 aliphatic rings. The number of alkyl halides is 1. The number of ketones is 1. The Bertz CT molecular complexity index is 619. The van der Waals surface area contributed by atoms with Crippen molar-refractivity contribution in [1.82, 2.24) is 0 Å². The number of carbonyl (C=O) groups is 1. The molecule has 0 aromatic rings. The number of Topliss-reactive ketones (excluding diaryl/α,β-unsaturated/α-hetero) is 1. The first-order valence-electron chi connectivity index (χ1n) is 11.5. The highest BCUT2D eigenvalue weighted by atomic mass is 79.9. The monoisotopic (exact) mass is 454 g/mol. The van der Waals surface area contributed by atoms with Crippen molar-refractivity contribution >= 4 is 21.7 Å². The number of fused-ring (bicyclic) bond motifs is 5. The molecule has 4 heteroatoms. The molecule has 0 aromatic carbocycles. The zero-order chi connectivity index (χ0) is 20.3. The molecule has 0 saturated heterocycles. The van der Waals surface area contributed by atoms with Crippen LogP contribution in [-0.2, 0) is 9.53 Å². The van der Waals surface area contributed by atoms with Gasteiger partial charge in [0.25, 0.3) is 0 Å². The number of aliphatic hydroxyl groups is 1. The molecule has 160 valence electrons. The first kappa shape index (κ1) is 21.3. The fourth-order valence-electron chi connectivity index (χ4n) is 8.61. The van der Waals surface area contributed by atoms with E-state index in [1.54, 1.807) is 0 Å². The van der Waals surface area contributed by atoms with Crippen LogP contribution in [0.25, 0.3) is 0 Å². The number of halogens is 1. The first-order valence-corrected chi connectivity index (χ1v) is 12.6. The minimum Gasteiger partial charge on any atom is -0.390 e. The maximum Gasteiger partial charge on any atom is 0.147 e. The van der Waals surface area contributed by atoms with E-state index >= 15 is 0 Å². The molecule has 1 N–H and O–H groups in total. The van der Waals surface area contributed by atoms with Gasteiger partial charge in [0.05, 0.1) is 10.9 Å². The van der Waals surface area contributed by atoms with Gasteiger partial charge in [-0.1, -0.05) is 29.8 Å². The number of ether oxygens (including phenoxy) is 1. The van der Waals surface area contributed by atoms with Crippen molar-refractivity contribution in [2.45, 2.75) is 77.7 Å². The van der Waals surface area contributed by atoms with Crippen LogP contribution >= 0.6 is 15.9 Å². The third-order valence-electron chi connectivity index (χ3n) is 10.0. The van der Waals surface area contributed by atoms with Gasteiger partial charge < -0.3 is 9.84 Å². The summed E-state index contributed by atoms with van der Waals surface area (Å²) in [5.74, 6) is 3.88. The molecule has 4 rings (SSSR count). The summed E-state index contributed by atoms with van der Waals surface area (Å²) in [5.41, 5.74) is 0.00985. The fourth-order valence-corrected chi connectivity index (χ4v) is 9.00. The molecule has 0 aliphatic heterocycles. The minimum absolute atomic E-state index is 0.168. The summed E-state index contributed by atoms with van der Waals surface area (Å²) in [6.07, 6.45) is 8.94. The van der Waals surface area contributed by atoms with Crippen LogP contribution < -0.4 is 0 Å². The molecule has 0 radical (unpaired) electrons. The number of hydrogen-bond donors (Lipinski definition) is 1. The van der Waals surface area contributed by atoms with E-state index in [1.165, 1.54) is 25.7 Å². The maximum atomic E-state index is 12.7. The lowest BCUT2D eigenvalue weighted by molar-refractivity contribution is -0.174. The number of hydrogen-bond acceptors (Lipinski definition) is 3. The average Bonchev–Trinajstić information content (AvgIpc) is 2.99. The van der Waals surface area contributed by atoms with Crippen molar-refractivity contribution in [3.63, 3.8) is 0 Å².